The van der Waals surface area contributed by atoms with Gasteiger partial charge in [-0.1, -0.05) is 26.2 Å². The second-order valence-electron chi connectivity index (χ2n) is 5.27. The van der Waals surface area contributed by atoms with E-state index in [4.69, 9.17) is 0 Å². The van der Waals surface area contributed by atoms with Crippen LogP contribution in [0.2, 0.25) is 0 Å². The van der Waals surface area contributed by atoms with Crippen LogP contribution in [0.25, 0.3) is 0 Å². The lowest BCUT2D eigenvalue weighted by molar-refractivity contribution is 0.260. The van der Waals surface area contributed by atoms with Gasteiger partial charge in [-0.05, 0) is 37.4 Å². The van der Waals surface area contributed by atoms with Crippen LogP contribution in [0.5, 0.6) is 0 Å². The Bertz CT molecular complexity index is 413. The number of hydrogen-bond donors (Lipinski definition) is 1. The van der Waals surface area contributed by atoms with Gasteiger partial charge in [-0.25, -0.2) is 8.78 Å². The van der Waals surface area contributed by atoms with Crippen molar-refractivity contribution in [1.29, 1.82) is 0 Å². The fourth-order valence-electron chi connectivity index (χ4n) is 2.58. The van der Waals surface area contributed by atoms with Gasteiger partial charge in [0.1, 0.15) is 11.6 Å². The normalized spacial score (nSPS) is 17.6. The minimum Gasteiger partial charge on any atom is -0.310 e. The van der Waals surface area contributed by atoms with E-state index < -0.39 is 11.6 Å². The van der Waals surface area contributed by atoms with Crippen LogP contribution in [0.15, 0.2) is 12.1 Å². The summed E-state index contributed by atoms with van der Waals surface area (Å²) in [6.07, 6.45) is 4.72. The van der Waals surface area contributed by atoms with Crippen molar-refractivity contribution < 1.29 is 8.78 Å². The molecule has 1 saturated carbocycles. The number of nitrogens with one attached hydrogen (secondary N) is 1. The van der Waals surface area contributed by atoms with E-state index in [0.29, 0.717) is 17.0 Å². The molecule has 100 valence electrons. The molecule has 0 bridgehead atoms. The summed E-state index contributed by atoms with van der Waals surface area (Å²) in [4.78, 5) is 0. The molecule has 18 heavy (non-hydrogen) atoms. The number of hydrogen-bond acceptors (Lipinski definition) is 1. The summed E-state index contributed by atoms with van der Waals surface area (Å²) in [5.74, 6) is -0.197. The number of halogens is 2. The van der Waals surface area contributed by atoms with Crippen molar-refractivity contribution in [2.45, 2.75) is 45.6 Å². The van der Waals surface area contributed by atoms with Gasteiger partial charge in [0.25, 0.3) is 0 Å². The van der Waals surface area contributed by atoms with E-state index in [2.05, 4.69) is 5.32 Å². The monoisotopic (exact) mass is 253 g/mol. The zero-order valence-electron chi connectivity index (χ0n) is 11.1. The summed E-state index contributed by atoms with van der Waals surface area (Å²) in [5, 5.41) is 3.32. The highest BCUT2D eigenvalue weighted by Crippen LogP contribution is 2.35. The molecule has 1 unspecified atom stereocenters. The predicted octanol–water partition coefficient (Wildman–Crippen LogP) is 4.11. The molecule has 2 rings (SSSR count). The Balaban J connectivity index is 2.20. The second kappa shape index (κ2) is 5.79. The highest BCUT2D eigenvalue weighted by molar-refractivity contribution is 5.28. The van der Waals surface area contributed by atoms with E-state index in [1.165, 1.54) is 19.3 Å². The largest absolute Gasteiger partial charge is 0.310 e. The summed E-state index contributed by atoms with van der Waals surface area (Å²) in [6.45, 7) is 4.50. The van der Waals surface area contributed by atoms with Crippen molar-refractivity contribution in [3.8, 4) is 0 Å². The lowest BCUT2D eigenvalue weighted by Crippen LogP contribution is -2.26. The average molecular weight is 253 g/mol. The number of benzene rings is 1. The highest BCUT2D eigenvalue weighted by atomic mass is 19.1. The van der Waals surface area contributed by atoms with Crippen LogP contribution in [0.1, 0.15) is 49.8 Å². The Kier molecular flexibility index (Phi) is 4.33. The Morgan fingerprint density at radius 2 is 2.00 bits per heavy atom. The molecule has 0 aliphatic heterocycles. The SMILES string of the molecule is CCNC(CC1CCC1)c1cc(C)c(F)cc1F. The Labute approximate surface area is 108 Å². The number of rotatable bonds is 5. The molecule has 3 heteroatoms. The second-order valence-corrected chi connectivity index (χ2v) is 5.27. The van der Waals surface area contributed by atoms with Gasteiger partial charge in [-0.2, -0.15) is 0 Å². The molecule has 1 aromatic rings. The molecule has 0 radical (unpaired) electrons. The molecular weight excluding hydrogens is 232 g/mol. The minimum absolute atomic E-state index is 0.0135. The van der Waals surface area contributed by atoms with E-state index in [0.717, 1.165) is 19.0 Å². The maximum Gasteiger partial charge on any atom is 0.130 e. The van der Waals surface area contributed by atoms with Crippen molar-refractivity contribution in [3.63, 3.8) is 0 Å². The molecule has 0 spiro atoms. The lowest BCUT2D eigenvalue weighted by atomic mass is 9.79. The van der Waals surface area contributed by atoms with Crippen molar-refractivity contribution in [3.05, 3.63) is 34.9 Å². The topological polar surface area (TPSA) is 12.0 Å². The van der Waals surface area contributed by atoms with Gasteiger partial charge in [-0.3, -0.25) is 0 Å². The van der Waals surface area contributed by atoms with Gasteiger partial charge in [0.2, 0.25) is 0 Å². The zero-order chi connectivity index (χ0) is 13.1. The van der Waals surface area contributed by atoms with Gasteiger partial charge in [0, 0.05) is 17.7 Å². The predicted molar refractivity (Wildman–Crippen MR) is 69.5 cm³/mol. The third-order valence-corrected chi connectivity index (χ3v) is 3.90. The molecule has 1 fully saturated rings. The smallest absolute Gasteiger partial charge is 0.130 e. The molecule has 1 aliphatic rings. The van der Waals surface area contributed by atoms with E-state index in [1.54, 1.807) is 13.0 Å². The molecule has 0 heterocycles. The van der Waals surface area contributed by atoms with Crippen molar-refractivity contribution >= 4 is 0 Å². The first-order chi connectivity index (χ1) is 8.61. The van der Waals surface area contributed by atoms with Crippen molar-refractivity contribution in [2.24, 2.45) is 5.92 Å². The standard InChI is InChI=1S/C15H21F2N/c1-3-18-15(8-11-5-4-6-11)12-7-10(2)13(16)9-14(12)17/h7,9,11,15,18H,3-6,8H2,1-2H3. The van der Waals surface area contributed by atoms with E-state index in [9.17, 15) is 8.78 Å². The van der Waals surface area contributed by atoms with Crippen LogP contribution >= 0.6 is 0 Å². The van der Waals surface area contributed by atoms with E-state index in [1.807, 2.05) is 6.92 Å². The first-order valence-corrected chi connectivity index (χ1v) is 6.80. The summed E-state index contributed by atoms with van der Waals surface area (Å²) < 4.78 is 27.2. The van der Waals surface area contributed by atoms with Crippen LogP contribution in [-0.4, -0.2) is 6.54 Å². The maximum absolute atomic E-state index is 13.9. The van der Waals surface area contributed by atoms with Gasteiger partial charge in [-0.15, -0.1) is 0 Å². The van der Waals surface area contributed by atoms with Crippen LogP contribution < -0.4 is 5.32 Å². The Morgan fingerprint density at radius 1 is 1.28 bits per heavy atom. The number of aryl methyl sites for hydroxylation is 1. The quantitative estimate of drug-likeness (QED) is 0.832. The van der Waals surface area contributed by atoms with Crippen molar-refractivity contribution in [1.82, 2.24) is 5.32 Å². The fourth-order valence-corrected chi connectivity index (χ4v) is 2.58. The highest BCUT2D eigenvalue weighted by Gasteiger charge is 2.24. The van der Waals surface area contributed by atoms with Crippen LogP contribution in [0.4, 0.5) is 8.78 Å². The summed E-state index contributed by atoms with van der Waals surface area (Å²) in [7, 11) is 0. The lowest BCUT2D eigenvalue weighted by Gasteiger charge is -2.30. The molecule has 1 aliphatic carbocycles. The molecule has 0 saturated heterocycles. The Morgan fingerprint density at radius 3 is 2.56 bits per heavy atom. The van der Waals surface area contributed by atoms with E-state index >= 15 is 0 Å². The molecule has 0 amide bonds. The molecule has 0 aromatic heterocycles. The van der Waals surface area contributed by atoms with Gasteiger partial charge in [0.05, 0.1) is 0 Å². The molecule has 1 aromatic carbocycles. The average Bonchev–Trinajstić information content (AvgIpc) is 2.27. The van der Waals surface area contributed by atoms with Gasteiger partial charge in [0.15, 0.2) is 0 Å². The molecular formula is C15H21F2N. The zero-order valence-corrected chi connectivity index (χ0v) is 11.1. The van der Waals surface area contributed by atoms with E-state index in [-0.39, 0.29) is 6.04 Å². The third-order valence-electron chi connectivity index (χ3n) is 3.90. The fraction of sp³-hybridized carbons (Fsp3) is 0.600. The van der Waals surface area contributed by atoms with Crippen molar-refractivity contribution in [2.75, 3.05) is 6.54 Å². The molecule has 1 nitrogen and oxygen atoms in total. The van der Waals surface area contributed by atoms with Crippen LogP contribution in [-0.2, 0) is 0 Å². The molecule has 1 N–H and O–H groups in total. The first-order valence-electron chi connectivity index (χ1n) is 6.80. The first kappa shape index (κ1) is 13.5. The third kappa shape index (κ3) is 2.89. The van der Waals surface area contributed by atoms with Crippen LogP contribution in [0.3, 0.4) is 0 Å². The van der Waals surface area contributed by atoms with Gasteiger partial charge >= 0.3 is 0 Å². The summed E-state index contributed by atoms with van der Waals surface area (Å²) >= 11 is 0. The van der Waals surface area contributed by atoms with Crippen LogP contribution in [0, 0.1) is 24.5 Å². The molecule has 1 atom stereocenters. The summed E-state index contributed by atoms with van der Waals surface area (Å²) in [5.41, 5.74) is 1.13. The summed E-state index contributed by atoms with van der Waals surface area (Å²) in [6, 6.07) is 2.67. The Hall–Kier alpha value is -0.960. The minimum atomic E-state index is -0.463. The van der Waals surface area contributed by atoms with Gasteiger partial charge < -0.3 is 5.32 Å². The maximum atomic E-state index is 13.9.